The number of amides is 1. The molecule has 1 amide bonds. The average Bonchev–Trinajstić information content (AvgIpc) is 3.41. The van der Waals surface area contributed by atoms with Crippen LogP contribution in [0.2, 0.25) is 0 Å². The summed E-state index contributed by atoms with van der Waals surface area (Å²) in [5.74, 6) is 0.0715. The molecule has 1 saturated carbocycles. The minimum Gasteiger partial charge on any atom is -0.273 e. The fraction of sp³-hybridized carbons (Fsp3) is 0.222. The molecule has 0 spiro atoms. The normalized spacial score (nSPS) is 19.6. The Balaban J connectivity index is 1.62. The van der Waals surface area contributed by atoms with E-state index >= 15 is 0 Å². The van der Waals surface area contributed by atoms with Crippen molar-refractivity contribution in [3.63, 3.8) is 0 Å². The molecule has 0 heterocycles. The van der Waals surface area contributed by atoms with Gasteiger partial charge in [0.05, 0.1) is 10.6 Å². The van der Waals surface area contributed by atoms with Crippen LogP contribution in [0.5, 0.6) is 0 Å². The van der Waals surface area contributed by atoms with Crippen LogP contribution in [0.3, 0.4) is 0 Å². The number of nitrogens with one attached hydrogen (secondary N) is 1. The maximum absolute atomic E-state index is 12.2. The summed E-state index contributed by atoms with van der Waals surface area (Å²) >= 11 is 0. The summed E-state index contributed by atoms with van der Waals surface area (Å²) in [4.78, 5) is 22.5. The molecule has 0 aromatic heterocycles. The standard InChI is InChI=1S/C18H17N3O3/c1-12(14-8-5-9-15(10-14)21(23)24)19-20-18(22)17-11-16(17)13-6-3-2-4-7-13/h2-10,16-17H,11H2,1H3,(H,20,22)/b19-12-/t16-,17-/m0/s1. The van der Waals surface area contributed by atoms with E-state index < -0.39 is 4.92 Å². The SMILES string of the molecule is C/C(=N/NC(=O)[C@H]1C[C@H]1c1ccccc1)c1cccc([N+](=O)[O-])c1. The van der Waals surface area contributed by atoms with Crippen LogP contribution >= 0.6 is 0 Å². The summed E-state index contributed by atoms with van der Waals surface area (Å²) in [6.07, 6.45) is 0.821. The predicted molar refractivity (Wildman–Crippen MR) is 90.7 cm³/mol. The molecule has 24 heavy (non-hydrogen) atoms. The Morgan fingerprint density at radius 2 is 1.96 bits per heavy atom. The van der Waals surface area contributed by atoms with Crippen LogP contribution < -0.4 is 5.43 Å². The molecule has 0 aliphatic heterocycles. The molecule has 3 rings (SSSR count). The molecule has 1 N–H and O–H groups in total. The number of rotatable bonds is 5. The van der Waals surface area contributed by atoms with E-state index in [-0.39, 0.29) is 23.4 Å². The first-order valence-electron chi connectivity index (χ1n) is 7.70. The van der Waals surface area contributed by atoms with Gasteiger partial charge in [0, 0.05) is 23.6 Å². The zero-order valence-electron chi connectivity index (χ0n) is 13.2. The average molecular weight is 323 g/mol. The summed E-state index contributed by atoms with van der Waals surface area (Å²) in [6.45, 7) is 1.71. The van der Waals surface area contributed by atoms with Crippen LogP contribution in [0.25, 0.3) is 0 Å². The highest BCUT2D eigenvalue weighted by molar-refractivity contribution is 5.99. The van der Waals surface area contributed by atoms with Crippen LogP contribution in [0.15, 0.2) is 59.7 Å². The van der Waals surface area contributed by atoms with Crippen LogP contribution in [-0.4, -0.2) is 16.5 Å². The fourth-order valence-electron chi connectivity index (χ4n) is 2.68. The number of nitro groups is 1. The van der Waals surface area contributed by atoms with Gasteiger partial charge in [0.1, 0.15) is 0 Å². The van der Waals surface area contributed by atoms with Gasteiger partial charge in [-0.3, -0.25) is 14.9 Å². The van der Waals surface area contributed by atoms with Gasteiger partial charge < -0.3 is 0 Å². The third-order valence-electron chi connectivity index (χ3n) is 4.16. The van der Waals surface area contributed by atoms with Gasteiger partial charge in [-0.2, -0.15) is 5.10 Å². The van der Waals surface area contributed by atoms with Gasteiger partial charge in [0.2, 0.25) is 5.91 Å². The van der Waals surface area contributed by atoms with Crippen molar-refractivity contribution in [1.29, 1.82) is 0 Å². The molecule has 2 atom stereocenters. The number of nitrogens with zero attached hydrogens (tertiary/aromatic N) is 2. The van der Waals surface area contributed by atoms with Gasteiger partial charge in [-0.25, -0.2) is 5.43 Å². The van der Waals surface area contributed by atoms with Gasteiger partial charge >= 0.3 is 0 Å². The molecule has 0 radical (unpaired) electrons. The maximum atomic E-state index is 12.2. The van der Waals surface area contributed by atoms with Gasteiger partial charge in [-0.05, 0) is 24.8 Å². The molecule has 0 unspecified atom stereocenters. The number of hydrazone groups is 1. The lowest BCUT2D eigenvalue weighted by molar-refractivity contribution is -0.384. The molecule has 1 aliphatic carbocycles. The lowest BCUT2D eigenvalue weighted by atomic mass is 10.1. The first-order valence-corrected chi connectivity index (χ1v) is 7.70. The van der Waals surface area contributed by atoms with Crippen molar-refractivity contribution in [3.8, 4) is 0 Å². The van der Waals surface area contributed by atoms with Crippen LogP contribution in [0.4, 0.5) is 5.69 Å². The number of non-ortho nitro benzene ring substituents is 1. The molecule has 2 aromatic carbocycles. The number of hydrogen-bond donors (Lipinski definition) is 1. The Hall–Kier alpha value is -3.02. The summed E-state index contributed by atoms with van der Waals surface area (Å²) in [7, 11) is 0. The van der Waals surface area contributed by atoms with Crippen molar-refractivity contribution in [1.82, 2.24) is 5.43 Å². The van der Waals surface area contributed by atoms with Crippen LogP contribution in [-0.2, 0) is 4.79 Å². The van der Waals surface area contributed by atoms with Crippen molar-refractivity contribution in [2.24, 2.45) is 11.0 Å². The van der Waals surface area contributed by atoms with E-state index in [1.807, 2.05) is 30.3 Å². The zero-order valence-corrected chi connectivity index (χ0v) is 13.2. The number of hydrogen-bond acceptors (Lipinski definition) is 4. The molecule has 1 aliphatic rings. The molecule has 0 bridgehead atoms. The van der Waals surface area contributed by atoms with E-state index in [1.165, 1.54) is 12.1 Å². The molecular weight excluding hydrogens is 306 g/mol. The predicted octanol–water partition coefficient (Wildman–Crippen LogP) is 3.24. The lowest BCUT2D eigenvalue weighted by Gasteiger charge is -2.03. The molecule has 122 valence electrons. The van der Waals surface area contributed by atoms with Crippen molar-refractivity contribution < 1.29 is 9.72 Å². The largest absolute Gasteiger partial charge is 0.273 e. The summed E-state index contributed by atoms with van der Waals surface area (Å²) in [6, 6.07) is 16.1. The molecule has 1 fully saturated rings. The molecule has 6 nitrogen and oxygen atoms in total. The first-order chi connectivity index (χ1) is 11.6. The quantitative estimate of drug-likeness (QED) is 0.521. The highest BCUT2D eigenvalue weighted by atomic mass is 16.6. The van der Waals surface area contributed by atoms with Gasteiger partial charge in [0.15, 0.2) is 0 Å². The second kappa shape index (κ2) is 6.62. The monoisotopic (exact) mass is 323 g/mol. The van der Waals surface area contributed by atoms with Gasteiger partial charge in [0.25, 0.3) is 5.69 Å². The van der Waals surface area contributed by atoms with Crippen molar-refractivity contribution in [2.75, 3.05) is 0 Å². The highest BCUT2D eigenvalue weighted by Crippen LogP contribution is 2.47. The van der Waals surface area contributed by atoms with E-state index in [2.05, 4.69) is 10.5 Å². The Morgan fingerprint density at radius 3 is 2.67 bits per heavy atom. The molecular formula is C18H17N3O3. The Kier molecular flexibility index (Phi) is 4.37. The second-order valence-electron chi connectivity index (χ2n) is 5.84. The second-order valence-corrected chi connectivity index (χ2v) is 5.84. The summed E-state index contributed by atoms with van der Waals surface area (Å²) < 4.78 is 0. The molecule has 6 heteroatoms. The Labute approximate surface area is 139 Å². The third kappa shape index (κ3) is 3.48. The molecule has 0 saturated heterocycles. The topological polar surface area (TPSA) is 84.6 Å². The summed E-state index contributed by atoms with van der Waals surface area (Å²) in [5, 5.41) is 14.9. The van der Waals surface area contributed by atoms with Crippen LogP contribution in [0, 0.1) is 16.0 Å². The fourth-order valence-corrected chi connectivity index (χ4v) is 2.68. The summed E-state index contributed by atoms with van der Waals surface area (Å²) in [5.41, 5.74) is 4.88. The van der Waals surface area contributed by atoms with Gasteiger partial charge in [-0.15, -0.1) is 0 Å². The molecule has 2 aromatic rings. The lowest BCUT2D eigenvalue weighted by Crippen LogP contribution is -2.21. The first kappa shape index (κ1) is 15.9. The number of benzene rings is 2. The number of carbonyl (C=O) groups excluding carboxylic acids is 1. The minimum atomic E-state index is -0.454. The van der Waals surface area contributed by atoms with Gasteiger partial charge in [-0.1, -0.05) is 42.5 Å². The number of nitro benzene ring substituents is 1. The van der Waals surface area contributed by atoms with E-state index in [9.17, 15) is 14.9 Å². The van der Waals surface area contributed by atoms with Crippen LogP contribution in [0.1, 0.15) is 30.4 Å². The number of carbonyl (C=O) groups is 1. The Bertz CT molecular complexity index is 802. The van der Waals surface area contributed by atoms with E-state index in [4.69, 9.17) is 0 Å². The van der Waals surface area contributed by atoms with Crippen molar-refractivity contribution in [2.45, 2.75) is 19.3 Å². The van der Waals surface area contributed by atoms with E-state index in [0.717, 1.165) is 12.0 Å². The van der Waals surface area contributed by atoms with E-state index in [0.29, 0.717) is 11.3 Å². The van der Waals surface area contributed by atoms with Crippen molar-refractivity contribution >= 4 is 17.3 Å². The Morgan fingerprint density at radius 1 is 1.21 bits per heavy atom. The third-order valence-corrected chi connectivity index (χ3v) is 4.16. The minimum absolute atomic E-state index is 0.000268. The zero-order chi connectivity index (χ0) is 17.1. The maximum Gasteiger partial charge on any atom is 0.270 e. The van der Waals surface area contributed by atoms with Crippen molar-refractivity contribution in [3.05, 3.63) is 75.8 Å². The smallest absolute Gasteiger partial charge is 0.270 e. The highest BCUT2D eigenvalue weighted by Gasteiger charge is 2.43. The van der Waals surface area contributed by atoms with E-state index in [1.54, 1.807) is 19.1 Å².